The number of nitrogens with one attached hydrogen (secondary N) is 1. The van der Waals surface area contributed by atoms with Crippen LogP contribution in [0.5, 0.6) is 5.75 Å². The average Bonchev–Trinajstić information content (AvgIpc) is 2.80. The number of amides is 1. The van der Waals surface area contributed by atoms with Gasteiger partial charge in [-0.15, -0.1) is 0 Å². The molecule has 30 heavy (non-hydrogen) atoms. The van der Waals surface area contributed by atoms with E-state index >= 15 is 0 Å². The van der Waals surface area contributed by atoms with Crippen LogP contribution in [-0.2, 0) is 6.54 Å². The quantitative estimate of drug-likeness (QED) is 0.538. The summed E-state index contributed by atoms with van der Waals surface area (Å²) >= 11 is 0. The van der Waals surface area contributed by atoms with Gasteiger partial charge in [-0.25, -0.2) is 9.67 Å². The monoisotopic (exact) mass is 400 g/mol. The second-order valence-corrected chi connectivity index (χ2v) is 6.65. The lowest BCUT2D eigenvalue weighted by atomic mass is 10.1. The fourth-order valence-electron chi connectivity index (χ4n) is 3.08. The highest BCUT2D eigenvalue weighted by Gasteiger charge is 2.09. The molecule has 150 valence electrons. The smallest absolute Gasteiger partial charge is 0.269 e. The molecule has 2 heterocycles. The van der Waals surface area contributed by atoms with Gasteiger partial charge in [0.15, 0.2) is 0 Å². The minimum absolute atomic E-state index is 0.231. The highest BCUT2D eigenvalue weighted by molar-refractivity contribution is 5.94. The van der Waals surface area contributed by atoms with Crippen LogP contribution in [0.4, 0.5) is 0 Å². The van der Waals surface area contributed by atoms with E-state index in [0.717, 1.165) is 22.2 Å². The molecule has 1 amide bonds. The third kappa shape index (κ3) is 4.20. The van der Waals surface area contributed by atoms with E-state index in [1.54, 1.807) is 19.2 Å². The Kier molecular flexibility index (Phi) is 5.52. The summed E-state index contributed by atoms with van der Waals surface area (Å²) < 4.78 is 6.50. The Hall–Kier alpha value is -4.00. The summed E-state index contributed by atoms with van der Waals surface area (Å²) in [5.41, 5.74) is 2.40. The number of pyridine rings is 1. The number of nitrogens with zero attached hydrogens (tertiary/aromatic N) is 3. The Morgan fingerprint density at radius 2 is 1.80 bits per heavy atom. The van der Waals surface area contributed by atoms with Crippen molar-refractivity contribution in [1.82, 2.24) is 20.1 Å². The van der Waals surface area contributed by atoms with Gasteiger partial charge in [0, 0.05) is 23.6 Å². The van der Waals surface area contributed by atoms with Crippen LogP contribution in [0.1, 0.15) is 10.5 Å². The van der Waals surface area contributed by atoms with E-state index in [1.165, 1.54) is 10.7 Å². The van der Waals surface area contributed by atoms with Gasteiger partial charge in [0.2, 0.25) is 0 Å². The largest absolute Gasteiger partial charge is 0.497 e. The van der Waals surface area contributed by atoms with Crippen LogP contribution < -0.4 is 15.6 Å². The highest BCUT2D eigenvalue weighted by atomic mass is 16.5. The van der Waals surface area contributed by atoms with E-state index in [9.17, 15) is 9.59 Å². The summed E-state index contributed by atoms with van der Waals surface area (Å²) in [5, 5.41) is 8.17. The molecule has 4 aromatic rings. The van der Waals surface area contributed by atoms with Crippen LogP contribution in [0.25, 0.3) is 22.2 Å². The van der Waals surface area contributed by atoms with E-state index in [1.807, 2.05) is 54.6 Å². The molecule has 0 spiro atoms. The number of fused-ring (bicyclic) bond motifs is 1. The number of ether oxygens (including phenoxy) is 1. The van der Waals surface area contributed by atoms with E-state index in [0.29, 0.717) is 11.4 Å². The molecule has 0 aliphatic carbocycles. The second-order valence-electron chi connectivity index (χ2n) is 6.65. The number of hydrogen-bond acceptors (Lipinski definition) is 5. The maximum absolute atomic E-state index is 12.4. The fourth-order valence-corrected chi connectivity index (χ4v) is 3.08. The summed E-state index contributed by atoms with van der Waals surface area (Å²) in [6.45, 7) is 0.508. The lowest BCUT2D eigenvalue weighted by Gasteiger charge is -2.09. The molecular weight excluding hydrogens is 380 g/mol. The Morgan fingerprint density at radius 1 is 1.00 bits per heavy atom. The zero-order valence-corrected chi connectivity index (χ0v) is 16.4. The molecule has 0 bridgehead atoms. The zero-order chi connectivity index (χ0) is 20.9. The number of hydrogen-bond donors (Lipinski definition) is 1. The van der Waals surface area contributed by atoms with Crippen molar-refractivity contribution in [2.24, 2.45) is 0 Å². The SMILES string of the molecule is COc1ccc(-c2ccc(=O)n(CCNC(=O)c3ccc4ccccc4n3)n2)cc1. The molecule has 0 aliphatic heterocycles. The predicted molar refractivity (Wildman–Crippen MR) is 115 cm³/mol. The number of aromatic nitrogens is 3. The first kappa shape index (κ1) is 19.3. The Morgan fingerprint density at radius 3 is 2.60 bits per heavy atom. The number of carbonyl (C=O) groups is 1. The lowest BCUT2D eigenvalue weighted by molar-refractivity contribution is 0.0947. The van der Waals surface area contributed by atoms with Gasteiger partial charge in [-0.1, -0.05) is 24.3 Å². The molecule has 0 saturated carbocycles. The Labute approximate surface area is 173 Å². The van der Waals surface area contributed by atoms with Gasteiger partial charge in [0.1, 0.15) is 11.4 Å². The molecule has 0 unspecified atom stereocenters. The molecule has 4 rings (SSSR count). The van der Waals surface area contributed by atoms with Crippen LogP contribution in [0.15, 0.2) is 77.6 Å². The first-order valence-electron chi connectivity index (χ1n) is 9.50. The van der Waals surface area contributed by atoms with Crippen molar-refractivity contribution in [3.05, 3.63) is 88.8 Å². The van der Waals surface area contributed by atoms with Gasteiger partial charge in [-0.05, 0) is 42.5 Å². The highest BCUT2D eigenvalue weighted by Crippen LogP contribution is 2.19. The van der Waals surface area contributed by atoms with E-state index in [4.69, 9.17) is 4.74 Å². The molecule has 0 radical (unpaired) electrons. The third-order valence-corrected chi connectivity index (χ3v) is 4.69. The van der Waals surface area contributed by atoms with Crippen LogP contribution in [-0.4, -0.2) is 34.3 Å². The van der Waals surface area contributed by atoms with Crippen molar-refractivity contribution >= 4 is 16.8 Å². The van der Waals surface area contributed by atoms with Crippen LogP contribution in [0, 0.1) is 0 Å². The summed E-state index contributed by atoms with van der Waals surface area (Å²) in [4.78, 5) is 28.9. The van der Waals surface area contributed by atoms with E-state index < -0.39 is 0 Å². The standard InChI is InChI=1S/C23H20N4O3/c1-30-18-9-6-17(7-10-18)20-12-13-22(28)27(26-20)15-14-24-23(29)21-11-8-16-4-2-3-5-19(16)25-21/h2-13H,14-15H2,1H3,(H,24,29). The Balaban J connectivity index is 1.43. The molecule has 2 aromatic carbocycles. The molecule has 7 nitrogen and oxygen atoms in total. The van der Waals surface area contributed by atoms with Crippen molar-refractivity contribution in [1.29, 1.82) is 0 Å². The number of benzene rings is 2. The van der Waals surface area contributed by atoms with Gasteiger partial charge in [0.25, 0.3) is 11.5 Å². The van der Waals surface area contributed by atoms with E-state index in [2.05, 4.69) is 15.4 Å². The minimum Gasteiger partial charge on any atom is -0.497 e. The summed E-state index contributed by atoms with van der Waals surface area (Å²) in [7, 11) is 1.61. The average molecular weight is 400 g/mol. The number of para-hydroxylation sites is 1. The predicted octanol–water partition coefficient (Wildman–Crippen LogP) is 2.90. The second kappa shape index (κ2) is 8.57. The summed E-state index contributed by atoms with van der Waals surface area (Å²) in [6, 6.07) is 21.7. The Bertz CT molecular complexity index is 1250. The van der Waals surface area contributed by atoms with Crippen molar-refractivity contribution in [3.63, 3.8) is 0 Å². The van der Waals surface area contributed by atoms with Crippen LogP contribution in [0.3, 0.4) is 0 Å². The molecule has 0 aliphatic rings. The minimum atomic E-state index is -0.292. The molecule has 0 fully saturated rings. The molecular formula is C23H20N4O3. The molecule has 1 N–H and O–H groups in total. The lowest BCUT2D eigenvalue weighted by Crippen LogP contribution is -2.32. The van der Waals surface area contributed by atoms with Gasteiger partial charge in [-0.3, -0.25) is 9.59 Å². The van der Waals surface area contributed by atoms with Crippen molar-refractivity contribution < 1.29 is 9.53 Å². The zero-order valence-electron chi connectivity index (χ0n) is 16.4. The van der Waals surface area contributed by atoms with Crippen LogP contribution in [0.2, 0.25) is 0 Å². The summed E-state index contributed by atoms with van der Waals surface area (Å²) in [6.07, 6.45) is 0. The maximum Gasteiger partial charge on any atom is 0.269 e. The van der Waals surface area contributed by atoms with Crippen molar-refractivity contribution in [2.45, 2.75) is 6.54 Å². The van der Waals surface area contributed by atoms with E-state index in [-0.39, 0.29) is 24.6 Å². The number of rotatable bonds is 6. The third-order valence-electron chi connectivity index (χ3n) is 4.69. The molecule has 0 saturated heterocycles. The van der Waals surface area contributed by atoms with Gasteiger partial charge >= 0.3 is 0 Å². The van der Waals surface area contributed by atoms with Gasteiger partial charge in [0.05, 0.1) is 24.9 Å². The molecule has 0 atom stereocenters. The fraction of sp³-hybridized carbons (Fsp3) is 0.130. The number of methoxy groups -OCH3 is 1. The normalized spacial score (nSPS) is 10.7. The van der Waals surface area contributed by atoms with Crippen molar-refractivity contribution in [2.75, 3.05) is 13.7 Å². The molecule has 7 heteroatoms. The first-order valence-corrected chi connectivity index (χ1v) is 9.50. The van der Waals surface area contributed by atoms with Crippen molar-refractivity contribution in [3.8, 4) is 17.0 Å². The van der Waals surface area contributed by atoms with Gasteiger partial charge < -0.3 is 10.1 Å². The first-order chi connectivity index (χ1) is 14.6. The maximum atomic E-state index is 12.4. The van der Waals surface area contributed by atoms with Gasteiger partial charge in [-0.2, -0.15) is 5.10 Å². The van der Waals surface area contributed by atoms with Crippen LogP contribution >= 0.6 is 0 Å². The summed E-state index contributed by atoms with van der Waals surface area (Å²) in [5.74, 6) is 0.456. The topological polar surface area (TPSA) is 86.1 Å². The number of carbonyl (C=O) groups excluding carboxylic acids is 1. The molecule has 2 aromatic heterocycles.